The molecule has 1 aliphatic carbocycles. The van der Waals surface area contributed by atoms with E-state index in [1.807, 2.05) is 37.3 Å². The fourth-order valence-electron chi connectivity index (χ4n) is 4.02. The van der Waals surface area contributed by atoms with Crippen molar-refractivity contribution in [2.45, 2.75) is 44.8 Å². The molecule has 0 bridgehead atoms. The van der Waals surface area contributed by atoms with Crippen molar-refractivity contribution in [1.29, 1.82) is 0 Å². The van der Waals surface area contributed by atoms with Gasteiger partial charge in [0.05, 0.1) is 6.26 Å². The maximum absolute atomic E-state index is 12.8. The fourth-order valence-corrected chi connectivity index (χ4v) is 4.02. The molecule has 2 aliphatic rings. The van der Waals surface area contributed by atoms with Gasteiger partial charge in [0.2, 0.25) is 6.29 Å². The van der Waals surface area contributed by atoms with E-state index >= 15 is 0 Å². The summed E-state index contributed by atoms with van der Waals surface area (Å²) in [5.74, 6) is 0.580. The second kappa shape index (κ2) is 9.01. The lowest BCUT2D eigenvalue weighted by Gasteiger charge is -2.36. The van der Waals surface area contributed by atoms with Crippen LogP contribution in [0.5, 0.6) is 0 Å². The Bertz CT molecular complexity index is 869. The van der Waals surface area contributed by atoms with E-state index in [-0.39, 0.29) is 24.3 Å². The van der Waals surface area contributed by atoms with Crippen LogP contribution in [0.2, 0.25) is 0 Å². The molecule has 2 heterocycles. The van der Waals surface area contributed by atoms with Gasteiger partial charge in [0.25, 0.3) is 5.91 Å². The molecule has 2 aromatic rings. The molecule has 1 saturated carbocycles. The third-order valence-corrected chi connectivity index (χ3v) is 5.75. The molecule has 0 spiro atoms. The molecule has 2 N–H and O–H groups in total. The lowest BCUT2D eigenvalue weighted by atomic mass is 9.80. The first kappa shape index (κ1) is 20.0. The van der Waals surface area contributed by atoms with Crippen molar-refractivity contribution in [3.8, 4) is 0 Å². The van der Waals surface area contributed by atoms with Crippen LogP contribution in [0.1, 0.15) is 44.1 Å². The number of fused-ring (bicyclic) bond motifs is 1. The predicted octanol–water partition coefficient (Wildman–Crippen LogP) is 3.71. The first-order valence-corrected chi connectivity index (χ1v) is 10.6. The Labute approximate surface area is 170 Å². The van der Waals surface area contributed by atoms with Gasteiger partial charge in [-0.3, -0.25) is 4.79 Å². The summed E-state index contributed by atoms with van der Waals surface area (Å²) in [5, 5.41) is 13.4. The van der Waals surface area contributed by atoms with Crippen LogP contribution in [0.25, 0.3) is 11.0 Å². The van der Waals surface area contributed by atoms with Crippen LogP contribution in [0.3, 0.4) is 0 Å². The highest BCUT2D eigenvalue weighted by Crippen LogP contribution is 2.42. The number of hydrogen-bond acceptors (Lipinski definition) is 5. The van der Waals surface area contributed by atoms with E-state index in [2.05, 4.69) is 5.32 Å². The Morgan fingerprint density at radius 1 is 1.31 bits per heavy atom. The van der Waals surface area contributed by atoms with Crippen molar-refractivity contribution in [3.05, 3.63) is 47.9 Å². The topological polar surface area (TPSA) is 80.9 Å². The van der Waals surface area contributed by atoms with Gasteiger partial charge in [-0.25, -0.2) is 0 Å². The summed E-state index contributed by atoms with van der Waals surface area (Å²) in [6.07, 6.45) is 6.84. The normalized spacial score (nSPS) is 24.2. The van der Waals surface area contributed by atoms with Crippen molar-refractivity contribution < 1.29 is 23.8 Å². The van der Waals surface area contributed by atoms with E-state index in [0.29, 0.717) is 31.2 Å². The number of ether oxygens (including phenoxy) is 2. The number of nitrogens with one attached hydrogen (secondary N) is 1. The second-order valence-electron chi connectivity index (χ2n) is 7.87. The SMILES string of the molecule is CCO[C@H]1OC(C(=O)NCC2CC2)=C[C@@H](c2coc3ccccc23)[C@@H]1CCCO. The largest absolute Gasteiger partial charge is 0.464 e. The quantitative estimate of drug-likeness (QED) is 0.672. The number of carbonyl (C=O) groups is 1. The zero-order valence-corrected chi connectivity index (χ0v) is 16.8. The molecule has 1 aromatic heterocycles. The molecule has 6 nitrogen and oxygen atoms in total. The van der Waals surface area contributed by atoms with E-state index in [1.165, 1.54) is 12.8 Å². The number of para-hydroxylation sites is 1. The molecule has 4 rings (SSSR count). The third kappa shape index (κ3) is 4.49. The average molecular weight is 399 g/mol. The molecule has 0 unspecified atom stereocenters. The van der Waals surface area contributed by atoms with Crippen molar-refractivity contribution in [2.24, 2.45) is 11.8 Å². The number of rotatable bonds is 9. The number of aliphatic hydroxyl groups excluding tert-OH is 1. The van der Waals surface area contributed by atoms with Gasteiger partial charge in [-0.1, -0.05) is 18.2 Å². The Morgan fingerprint density at radius 3 is 2.90 bits per heavy atom. The van der Waals surface area contributed by atoms with Gasteiger partial charge in [-0.05, 0) is 50.7 Å². The molecule has 1 aliphatic heterocycles. The minimum absolute atomic E-state index is 0.0249. The number of hydrogen-bond donors (Lipinski definition) is 2. The van der Waals surface area contributed by atoms with Gasteiger partial charge in [0, 0.05) is 42.5 Å². The Kier molecular flexibility index (Phi) is 6.21. The van der Waals surface area contributed by atoms with Crippen molar-refractivity contribution in [1.82, 2.24) is 5.32 Å². The van der Waals surface area contributed by atoms with Gasteiger partial charge >= 0.3 is 0 Å². The maximum Gasteiger partial charge on any atom is 0.286 e. The number of benzene rings is 1. The second-order valence-corrected chi connectivity index (χ2v) is 7.87. The van der Waals surface area contributed by atoms with E-state index in [1.54, 1.807) is 6.26 Å². The number of aliphatic hydroxyl groups is 1. The van der Waals surface area contributed by atoms with Crippen LogP contribution in [0.15, 0.2) is 46.8 Å². The van der Waals surface area contributed by atoms with Gasteiger partial charge in [-0.15, -0.1) is 0 Å². The zero-order valence-electron chi connectivity index (χ0n) is 16.8. The monoisotopic (exact) mass is 399 g/mol. The molecule has 156 valence electrons. The molecule has 0 radical (unpaired) electrons. The van der Waals surface area contributed by atoms with Crippen LogP contribution in [0.4, 0.5) is 0 Å². The molecule has 1 amide bonds. The van der Waals surface area contributed by atoms with Gasteiger partial charge in [0.15, 0.2) is 5.76 Å². The minimum Gasteiger partial charge on any atom is -0.464 e. The number of furan rings is 1. The summed E-state index contributed by atoms with van der Waals surface area (Å²) in [7, 11) is 0. The zero-order chi connectivity index (χ0) is 20.2. The molecule has 1 aromatic carbocycles. The highest BCUT2D eigenvalue weighted by molar-refractivity contribution is 5.92. The summed E-state index contributed by atoms with van der Waals surface area (Å²) in [4.78, 5) is 12.8. The third-order valence-electron chi connectivity index (χ3n) is 5.75. The lowest BCUT2D eigenvalue weighted by Crippen LogP contribution is -2.39. The summed E-state index contributed by atoms with van der Waals surface area (Å²) < 4.78 is 17.7. The molecular weight excluding hydrogens is 370 g/mol. The molecule has 6 heteroatoms. The molecule has 3 atom stereocenters. The smallest absolute Gasteiger partial charge is 0.286 e. The van der Waals surface area contributed by atoms with Gasteiger partial charge < -0.3 is 24.3 Å². The van der Waals surface area contributed by atoms with Gasteiger partial charge in [0.1, 0.15) is 5.58 Å². The van der Waals surface area contributed by atoms with E-state index in [0.717, 1.165) is 23.0 Å². The van der Waals surface area contributed by atoms with Crippen LogP contribution in [-0.2, 0) is 14.3 Å². The Morgan fingerprint density at radius 2 is 2.14 bits per heavy atom. The van der Waals surface area contributed by atoms with Crippen LogP contribution in [-0.4, -0.2) is 37.1 Å². The summed E-state index contributed by atoms with van der Waals surface area (Å²) >= 11 is 0. The highest BCUT2D eigenvalue weighted by atomic mass is 16.7. The maximum atomic E-state index is 12.8. The Balaban J connectivity index is 1.68. The van der Waals surface area contributed by atoms with Gasteiger partial charge in [-0.2, -0.15) is 0 Å². The highest BCUT2D eigenvalue weighted by Gasteiger charge is 2.39. The van der Waals surface area contributed by atoms with Crippen molar-refractivity contribution >= 4 is 16.9 Å². The number of allylic oxidation sites excluding steroid dienone is 1. The summed E-state index contributed by atoms with van der Waals surface area (Å²) in [6.45, 7) is 3.19. The minimum atomic E-state index is -0.545. The standard InChI is InChI=1S/C23H29NO5/c1-2-27-23-17(7-5-11-25)18(19-14-28-20-8-4-3-6-16(19)20)12-21(29-23)22(26)24-13-15-9-10-15/h3-4,6,8,12,14-15,17-18,23,25H,2,5,7,9-11,13H2,1H3,(H,24,26)/t17-,18+,23-/m0/s1. The summed E-state index contributed by atoms with van der Waals surface area (Å²) in [5.41, 5.74) is 1.83. The van der Waals surface area contributed by atoms with Crippen LogP contribution < -0.4 is 5.32 Å². The number of carbonyl (C=O) groups excluding carboxylic acids is 1. The molecule has 29 heavy (non-hydrogen) atoms. The number of amides is 1. The lowest BCUT2D eigenvalue weighted by molar-refractivity contribution is -0.166. The van der Waals surface area contributed by atoms with Crippen LogP contribution in [0, 0.1) is 11.8 Å². The first-order chi connectivity index (χ1) is 14.2. The van der Waals surface area contributed by atoms with E-state index in [9.17, 15) is 9.90 Å². The fraction of sp³-hybridized carbons (Fsp3) is 0.522. The van der Waals surface area contributed by atoms with E-state index in [4.69, 9.17) is 13.9 Å². The molecular formula is C23H29NO5. The van der Waals surface area contributed by atoms with Crippen molar-refractivity contribution in [2.75, 3.05) is 19.8 Å². The Hall–Kier alpha value is -2.31. The molecule has 1 fully saturated rings. The van der Waals surface area contributed by atoms with Crippen molar-refractivity contribution in [3.63, 3.8) is 0 Å². The first-order valence-electron chi connectivity index (χ1n) is 10.6. The van der Waals surface area contributed by atoms with Crippen LogP contribution >= 0.6 is 0 Å². The molecule has 0 saturated heterocycles. The summed E-state index contributed by atoms with van der Waals surface area (Å²) in [6, 6.07) is 7.89. The average Bonchev–Trinajstić information content (AvgIpc) is 3.48. The van der Waals surface area contributed by atoms with E-state index < -0.39 is 6.29 Å². The predicted molar refractivity (Wildman–Crippen MR) is 109 cm³/mol.